The van der Waals surface area contributed by atoms with Crippen molar-refractivity contribution in [1.29, 1.82) is 5.41 Å². The van der Waals surface area contributed by atoms with Crippen LogP contribution in [0.15, 0.2) is 0 Å². The molecular weight excluding hydrogens is 160 g/mol. The molecule has 2 heteroatoms. The summed E-state index contributed by atoms with van der Waals surface area (Å²) in [5.41, 5.74) is 0.580. The van der Waals surface area contributed by atoms with Crippen LogP contribution >= 0.6 is 0 Å². The summed E-state index contributed by atoms with van der Waals surface area (Å²) in [6, 6.07) is 0. The summed E-state index contributed by atoms with van der Waals surface area (Å²) in [6.07, 6.45) is 4.98. The summed E-state index contributed by atoms with van der Waals surface area (Å²) in [5.74, 6) is 1.67. The smallest absolute Gasteiger partial charge is 0.0958 e. The van der Waals surface area contributed by atoms with Gasteiger partial charge in [-0.2, -0.15) is 0 Å². The maximum absolute atomic E-state index is 7.78. The third-order valence-electron chi connectivity index (χ3n) is 3.85. The van der Waals surface area contributed by atoms with Gasteiger partial charge in [-0.15, -0.1) is 0 Å². The fourth-order valence-corrected chi connectivity index (χ4v) is 2.36. The van der Waals surface area contributed by atoms with Gasteiger partial charge in [0, 0.05) is 19.5 Å². The number of likely N-dealkylation sites (tertiary alicyclic amines) is 1. The number of nitrogens with one attached hydrogen (secondary N) is 1. The van der Waals surface area contributed by atoms with Gasteiger partial charge in [-0.25, -0.2) is 0 Å². The van der Waals surface area contributed by atoms with Crippen molar-refractivity contribution in [2.75, 3.05) is 13.1 Å². The van der Waals surface area contributed by atoms with Crippen LogP contribution in [0.2, 0.25) is 0 Å². The van der Waals surface area contributed by atoms with E-state index in [0.29, 0.717) is 5.41 Å². The van der Waals surface area contributed by atoms with E-state index in [4.69, 9.17) is 5.41 Å². The predicted octanol–water partition coefficient (Wildman–Crippen LogP) is 2.50. The molecule has 2 aliphatic rings. The van der Waals surface area contributed by atoms with Crippen LogP contribution in [-0.2, 0) is 0 Å². The van der Waals surface area contributed by atoms with Gasteiger partial charge in [0.1, 0.15) is 0 Å². The zero-order chi connectivity index (χ0) is 9.47. The Kier molecular flexibility index (Phi) is 2.09. The molecule has 1 heterocycles. The quantitative estimate of drug-likeness (QED) is 0.710. The fraction of sp³-hybridized carbons (Fsp3) is 0.909. The SMILES string of the molecule is CC(C)C1(CN2CCCC2=N)CC1. The predicted molar refractivity (Wildman–Crippen MR) is 55.0 cm³/mol. The molecule has 2 nitrogen and oxygen atoms in total. The average Bonchev–Trinajstić information content (AvgIpc) is 2.74. The highest BCUT2D eigenvalue weighted by Gasteiger charge is 2.47. The molecule has 1 saturated heterocycles. The summed E-state index contributed by atoms with van der Waals surface area (Å²) >= 11 is 0. The largest absolute Gasteiger partial charge is 0.360 e. The molecule has 1 saturated carbocycles. The van der Waals surface area contributed by atoms with Gasteiger partial charge in [0.2, 0.25) is 0 Å². The zero-order valence-electron chi connectivity index (χ0n) is 8.77. The van der Waals surface area contributed by atoms with Crippen LogP contribution < -0.4 is 0 Å². The Morgan fingerprint density at radius 3 is 2.54 bits per heavy atom. The van der Waals surface area contributed by atoms with Gasteiger partial charge in [0.05, 0.1) is 5.84 Å². The highest BCUT2D eigenvalue weighted by molar-refractivity contribution is 5.81. The van der Waals surface area contributed by atoms with Crippen molar-refractivity contribution >= 4 is 5.84 Å². The lowest BCUT2D eigenvalue weighted by Crippen LogP contribution is -2.33. The van der Waals surface area contributed by atoms with Gasteiger partial charge in [0.25, 0.3) is 0 Å². The maximum Gasteiger partial charge on any atom is 0.0958 e. The fourth-order valence-electron chi connectivity index (χ4n) is 2.36. The Hall–Kier alpha value is -0.530. The van der Waals surface area contributed by atoms with E-state index in [-0.39, 0.29) is 0 Å². The van der Waals surface area contributed by atoms with Gasteiger partial charge < -0.3 is 4.90 Å². The summed E-state index contributed by atoms with van der Waals surface area (Å²) in [4.78, 5) is 2.30. The van der Waals surface area contributed by atoms with E-state index in [1.165, 1.54) is 19.3 Å². The molecule has 74 valence electrons. The van der Waals surface area contributed by atoms with Crippen LogP contribution in [0, 0.1) is 16.7 Å². The van der Waals surface area contributed by atoms with Crippen molar-refractivity contribution < 1.29 is 0 Å². The summed E-state index contributed by atoms with van der Waals surface area (Å²) < 4.78 is 0. The van der Waals surface area contributed by atoms with Gasteiger partial charge in [-0.05, 0) is 30.6 Å². The molecule has 0 spiro atoms. The van der Waals surface area contributed by atoms with E-state index < -0.39 is 0 Å². The Bertz CT molecular complexity index is 216. The minimum Gasteiger partial charge on any atom is -0.360 e. The van der Waals surface area contributed by atoms with Gasteiger partial charge in [-0.1, -0.05) is 13.8 Å². The van der Waals surface area contributed by atoms with Gasteiger partial charge >= 0.3 is 0 Å². The number of nitrogens with zero attached hydrogens (tertiary/aromatic N) is 1. The Balaban J connectivity index is 1.94. The zero-order valence-corrected chi connectivity index (χ0v) is 8.77. The van der Waals surface area contributed by atoms with E-state index >= 15 is 0 Å². The Morgan fingerprint density at radius 1 is 1.46 bits per heavy atom. The van der Waals surface area contributed by atoms with Crippen LogP contribution in [0.3, 0.4) is 0 Å². The van der Waals surface area contributed by atoms with Crippen molar-refractivity contribution in [3.63, 3.8) is 0 Å². The van der Waals surface area contributed by atoms with Crippen LogP contribution in [0.1, 0.15) is 39.5 Å². The monoisotopic (exact) mass is 180 g/mol. The lowest BCUT2D eigenvalue weighted by Gasteiger charge is -2.27. The Morgan fingerprint density at radius 2 is 2.15 bits per heavy atom. The number of hydrogen-bond acceptors (Lipinski definition) is 1. The van der Waals surface area contributed by atoms with Crippen molar-refractivity contribution in [3.8, 4) is 0 Å². The summed E-state index contributed by atoms with van der Waals surface area (Å²) in [6.45, 7) is 6.94. The molecule has 0 aromatic heterocycles. The topological polar surface area (TPSA) is 27.1 Å². The van der Waals surface area contributed by atoms with Gasteiger partial charge in [0.15, 0.2) is 0 Å². The molecule has 0 atom stereocenters. The van der Waals surface area contributed by atoms with Crippen LogP contribution in [0.5, 0.6) is 0 Å². The van der Waals surface area contributed by atoms with E-state index in [1.807, 2.05) is 0 Å². The third-order valence-corrected chi connectivity index (χ3v) is 3.85. The van der Waals surface area contributed by atoms with Crippen molar-refractivity contribution in [2.45, 2.75) is 39.5 Å². The first-order valence-corrected chi connectivity index (χ1v) is 5.46. The molecule has 1 aliphatic carbocycles. The molecule has 1 aliphatic heterocycles. The lowest BCUT2D eigenvalue weighted by molar-refractivity contribution is 0.269. The standard InChI is InChI=1S/C11H20N2/c1-9(2)11(5-6-11)8-13-7-3-4-10(13)12/h9,12H,3-8H2,1-2H3. The summed E-state index contributed by atoms with van der Waals surface area (Å²) in [7, 11) is 0. The first kappa shape index (κ1) is 9.04. The number of hydrogen-bond donors (Lipinski definition) is 1. The molecule has 0 bridgehead atoms. The lowest BCUT2D eigenvalue weighted by atomic mass is 9.92. The molecule has 13 heavy (non-hydrogen) atoms. The first-order valence-electron chi connectivity index (χ1n) is 5.46. The van der Waals surface area contributed by atoms with E-state index in [9.17, 15) is 0 Å². The highest BCUT2D eigenvalue weighted by atomic mass is 15.2. The van der Waals surface area contributed by atoms with Crippen molar-refractivity contribution in [2.24, 2.45) is 11.3 Å². The molecule has 0 aromatic rings. The molecule has 2 fully saturated rings. The molecule has 0 amide bonds. The molecule has 0 unspecified atom stereocenters. The second-order valence-electron chi connectivity index (χ2n) is 4.99. The van der Waals surface area contributed by atoms with E-state index in [1.54, 1.807) is 0 Å². The molecular formula is C11H20N2. The van der Waals surface area contributed by atoms with Crippen LogP contribution in [0.25, 0.3) is 0 Å². The minimum atomic E-state index is 0.580. The number of amidine groups is 1. The number of rotatable bonds is 3. The normalized spacial score (nSPS) is 25.8. The average molecular weight is 180 g/mol. The molecule has 0 radical (unpaired) electrons. The minimum absolute atomic E-state index is 0.580. The van der Waals surface area contributed by atoms with Gasteiger partial charge in [-0.3, -0.25) is 5.41 Å². The Labute approximate surface area is 80.8 Å². The van der Waals surface area contributed by atoms with E-state index in [2.05, 4.69) is 18.7 Å². The van der Waals surface area contributed by atoms with Crippen molar-refractivity contribution in [1.82, 2.24) is 4.90 Å². The first-order chi connectivity index (χ1) is 6.14. The van der Waals surface area contributed by atoms with Crippen molar-refractivity contribution in [3.05, 3.63) is 0 Å². The molecule has 0 aromatic carbocycles. The maximum atomic E-state index is 7.78. The molecule has 2 rings (SSSR count). The third kappa shape index (κ3) is 1.59. The second kappa shape index (κ2) is 3.00. The van der Waals surface area contributed by atoms with E-state index in [0.717, 1.165) is 31.3 Å². The summed E-state index contributed by atoms with van der Waals surface area (Å²) in [5, 5.41) is 7.78. The molecule has 1 N–H and O–H groups in total. The highest BCUT2D eigenvalue weighted by Crippen LogP contribution is 2.52. The van der Waals surface area contributed by atoms with Crippen LogP contribution in [-0.4, -0.2) is 23.8 Å². The second-order valence-corrected chi connectivity index (χ2v) is 4.99. The van der Waals surface area contributed by atoms with Crippen LogP contribution in [0.4, 0.5) is 0 Å².